The van der Waals surface area contributed by atoms with Crippen LogP contribution in [0.15, 0.2) is 29.3 Å². The van der Waals surface area contributed by atoms with E-state index in [2.05, 4.69) is 16.8 Å². The van der Waals surface area contributed by atoms with Gasteiger partial charge in [0.2, 0.25) is 0 Å². The van der Waals surface area contributed by atoms with Crippen molar-refractivity contribution in [2.45, 2.75) is 26.3 Å². The van der Waals surface area contributed by atoms with E-state index >= 15 is 0 Å². The lowest BCUT2D eigenvalue weighted by Gasteiger charge is -2.31. The van der Waals surface area contributed by atoms with Gasteiger partial charge in [-0.15, -0.1) is 24.0 Å². The highest BCUT2D eigenvalue weighted by Gasteiger charge is 2.17. The highest BCUT2D eigenvalue weighted by Crippen LogP contribution is 2.15. The fourth-order valence-corrected chi connectivity index (χ4v) is 2.40. The number of nitrogens with zero attached hydrogens (tertiary/aromatic N) is 2. The number of benzene rings is 1. The quantitative estimate of drug-likeness (QED) is 0.492. The number of hydrogen-bond acceptors (Lipinski definition) is 2. The van der Waals surface area contributed by atoms with E-state index in [9.17, 15) is 0 Å². The number of piperidine rings is 1. The van der Waals surface area contributed by atoms with Gasteiger partial charge in [0.05, 0.1) is 13.7 Å². The summed E-state index contributed by atoms with van der Waals surface area (Å²) in [4.78, 5) is 6.68. The van der Waals surface area contributed by atoms with Crippen LogP contribution in [-0.2, 0) is 6.54 Å². The Morgan fingerprint density at radius 3 is 2.70 bits per heavy atom. The van der Waals surface area contributed by atoms with Gasteiger partial charge in [-0.05, 0) is 36.5 Å². The van der Waals surface area contributed by atoms with Crippen LogP contribution in [0.2, 0.25) is 0 Å². The number of hydrogen-bond donors (Lipinski definition) is 1. The van der Waals surface area contributed by atoms with E-state index in [0.717, 1.165) is 24.4 Å². The third-order valence-corrected chi connectivity index (χ3v) is 3.56. The summed E-state index contributed by atoms with van der Waals surface area (Å²) in [6, 6.07) is 7.94. The Bertz CT molecular complexity index is 433. The maximum absolute atomic E-state index is 6.07. The van der Waals surface area contributed by atoms with Crippen molar-refractivity contribution in [3.63, 3.8) is 0 Å². The second-order valence-electron chi connectivity index (χ2n) is 5.22. The average Bonchev–Trinajstić information content (AvgIpc) is 2.45. The smallest absolute Gasteiger partial charge is 0.191 e. The van der Waals surface area contributed by atoms with Crippen LogP contribution in [-0.4, -0.2) is 31.1 Å². The molecule has 0 spiro atoms. The highest BCUT2D eigenvalue weighted by atomic mass is 127. The maximum atomic E-state index is 6.07. The lowest BCUT2D eigenvalue weighted by atomic mass is 10.0. The largest absolute Gasteiger partial charge is 0.497 e. The zero-order valence-electron chi connectivity index (χ0n) is 12.2. The van der Waals surface area contributed by atoms with Crippen LogP contribution in [0.3, 0.4) is 0 Å². The van der Waals surface area contributed by atoms with E-state index in [1.807, 2.05) is 24.3 Å². The number of nitrogens with two attached hydrogens (primary N) is 1. The van der Waals surface area contributed by atoms with Crippen LogP contribution >= 0.6 is 24.0 Å². The summed E-state index contributed by atoms with van der Waals surface area (Å²) < 4.78 is 5.13. The second kappa shape index (κ2) is 8.34. The van der Waals surface area contributed by atoms with Crippen molar-refractivity contribution in [3.8, 4) is 5.75 Å². The Morgan fingerprint density at radius 1 is 1.40 bits per heavy atom. The van der Waals surface area contributed by atoms with Gasteiger partial charge in [-0.2, -0.15) is 0 Å². The van der Waals surface area contributed by atoms with Crippen LogP contribution in [0, 0.1) is 5.92 Å². The molecule has 0 radical (unpaired) electrons. The summed E-state index contributed by atoms with van der Waals surface area (Å²) in [6.07, 6.45) is 2.50. The Kier molecular flexibility index (Phi) is 7.12. The Labute approximate surface area is 138 Å². The van der Waals surface area contributed by atoms with Gasteiger partial charge in [-0.3, -0.25) is 0 Å². The molecule has 2 N–H and O–H groups in total. The first-order valence-corrected chi connectivity index (χ1v) is 6.87. The zero-order chi connectivity index (χ0) is 13.7. The molecule has 5 heteroatoms. The van der Waals surface area contributed by atoms with E-state index in [1.54, 1.807) is 7.11 Å². The van der Waals surface area contributed by atoms with Crippen LogP contribution < -0.4 is 10.5 Å². The fraction of sp³-hybridized carbons (Fsp3) is 0.533. The third kappa shape index (κ3) is 4.85. The van der Waals surface area contributed by atoms with Crippen LogP contribution in [0.25, 0.3) is 0 Å². The molecule has 112 valence electrons. The molecule has 20 heavy (non-hydrogen) atoms. The molecule has 0 aliphatic carbocycles. The van der Waals surface area contributed by atoms with Crippen molar-refractivity contribution >= 4 is 29.9 Å². The van der Waals surface area contributed by atoms with Gasteiger partial charge < -0.3 is 15.4 Å². The molecule has 0 bridgehead atoms. The normalized spacial score (nSPS) is 19.4. The molecule has 1 fully saturated rings. The predicted octanol–water partition coefficient (Wildman–Crippen LogP) is 2.86. The molecular formula is C15H24IN3O. The molecule has 0 saturated carbocycles. The first-order chi connectivity index (χ1) is 9.19. The molecule has 0 aromatic heterocycles. The minimum Gasteiger partial charge on any atom is -0.497 e. The zero-order valence-corrected chi connectivity index (χ0v) is 14.5. The maximum Gasteiger partial charge on any atom is 0.191 e. The van der Waals surface area contributed by atoms with E-state index in [0.29, 0.717) is 18.4 Å². The minimum absolute atomic E-state index is 0. The summed E-state index contributed by atoms with van der Waals surface area (Å²) in [5, 5.41) is 0. The molecule has 1 unspecified atom stereocenters. The molecule has 1 aliphatic rings. The van der Waals surface area contributed by atoms with E-state index < -0.39 is 0 Å². The topological polar surface area (TPSA) is 50.9 Å². The van der Waals surface area contributed by atoms with E-state index in [1.165, 1.54) is 12.8 Å². The highest BCUT2D eigenvalue weighted by molar-refractivity contribution is 14.0. The SMILES string of the molecule is COc1ccc(CN=C(N)N2CCCC(C)C2)cc1.I. The molecule has 1 aromatic rings. The Morgan fingerprint density at radius 2 is 2.10 bits per heavy atom. The first-order valence-electron chi connectivity index (χ1n) is 6.87. The predicted molar refractivity (Wildman–Crippen MR) is 93.7 cm³/mol. The molecule has 1 aromatic carbocycles. The number of ether oxygens (including phenoxy) is 1. The van der Waals surface area contributed by atoms with Gasteiger partial charge in [0.1, 0.15) is 5.75 Å². The molecular weight excluding hydrogens is 365 g/mol. The van der Waals surface area contributed by atoms with Gasteiger partial charge >= 0.3 is 0 Å². The lowest BCUT2D eigenvalue weighted by Crippen LogP contribution is -2.43. The molecule has 2 rings (SSSR count). The van der Waals surface area contributed by atoms with Gasteiger partial charge in [-0.1, -0.05) is 19.1 Å². The van der Waals surface area contributed by atoms with Crippen molar-refractivity contribution in [1.29, 1.82) is 0 Å². The Hall–Kier alpha value is -0.980. The Balaban J connectivity index is 0.00000200. The fourth-order valence-electron chi connectivity index (χ4n) is 2.40. The molecule has 0 amide bonds. The number of rotatable bonds is 3. The third-order valence-electron chi connectivity index (χ3n) is 3.56. The van der Waals surface area contributed by atoms with Gasteiger partial charge in [0.25, 0.3) is 0 Å². The van der Waals surface area contributed by atoms with Gasteiger partial charge in [-0.25, -0.2) is 4.99 Å². The number of halogens is 1. The minimum atomic E-state index is 0. The van der Waals surface area contributed by atoms with E-state index in [4.69, 9.17) is 10.5 Å². The summed E-state index contributed by atoms with van der Waals surface area (Å²) in [7, 11) is 1.67. The van der Waals surface area contributed by atoms with Crippen molar-refractivity contribution in [2.24, 2.45) is 16.6 Å². The van der Waals surface area contributed by atoms with Crippen molar-refractivity contribution in [2.75, 3.05) is 20.2 Å². The molecule has 1 atom stereocenters. The standard InChI is InChI=1S/C15H23N3O.HI/c1-12-4-3-9-18(11-12)15(16)17-10-13-5-7-14(19-2)8-6-13;/h5-8,12H,3-4,9-11H2,1-2H3,(H2,16,17);1H. The molecule has 1 saturated heterocycles. The number of likely N-dealkylation sites (tertiary alicyclic amines) is 1. The van der Waals surface area contributed by atoms with Gasteiger partial charge in [0.15, 0.2) is 5.96 Å². The van der Waals surface area contributed by atoms with Crippen molar-refractivity contribution in [3.05, 3.63) is 29.8 Å². The number of methoxy groups -OCH3 is 1. The average molecular weight is 389 g/mol. The molecule has 4 nitrogen and oxygen atoms in total. The van der Waals surface area contributed by atoms with E-state index in [-0.39, 0.29) is 24.0 Å². The molecule has 1 aliphatic heterocycles. The summed E-state index contributed by atoms with van der Waals surface area (Å²) >= 11 is 0. The number of guanidine groups is 1. The first kappa shape index (κ1) is 17.1. The van der Waals surface area contributed by atoms with Crippen LogP contribution in [0.4, 0.5) is 0 Å². The lowest BCUT2D eigenvalue weighted by molar-refractivity contribution is 0.270. The monoisotopic (exact) mass is 389 g/mol. The van der Waals surface area contributed by atoms with Crippen LogP contribution in [0.1, 0.15) is 25.3 Å². The van der Waals surface area contributed by atoms with Crippen LogP contribution in [0.5, 0.6) is 5.75 Å². The van der Waals surface area contributed by atoms with Crippen molar-refractivity contribution in [1.82, 2.24) is 4.90 Å². The summed E-state index contributed by atoms with van der Waals surface area (Å²) in [5.41, 5.74) is 7.21. The summed E-state index contributed by atoms with van der Waals surface area (Å²) in [6.45, 7) is 4.95. The molecule has 1 heterocycles. The van der Waals surface area contributed by atoms with Gasteiger partial charge in [0, 0.05) is 13.1 Å². The second-order valence-corrected chi connectivity index (χ2v) is 5.22. The summed E-state index contributed by atoms with van der Waals surface area (Å²) in [5.74, 6) is 2.25. The van der Waals surface area contributed by atoms with Crippen molar-refractivity contribution < 1.29 is 4.74 Å². The number of aliphatic imine (C=N–C) groups is 1.